The fourth-order valence-electron chi connectivity index (χ4n) is 3.07. The van der Waals surface area contributed by atoms with Gasteiger partial charge in [-0.05, 0) is 24.3 Å². The summed E-state index contributed by atoms with van der Waals surface area (Å²) in [5.41, 5.74) is 1.18. The van der Waals surface area contributed by atoms with Gasteiger partial charge in [0.1, 0.15) is 5.75 Å². The SMILES string of the molecule is COc1ccc(N2CC[NH+](CC(=O)N3CCNC3=O)CC2)cc1. The predicted octanol–water partition coefficient (Wildman–Crippen LogP) is -1.05. The summed E-state index contributed by atoms with van der Waals surface area (Å²) < 4.78 is 5.18. The summed E-state index contributed by atoms with van der Waals surface area (Å²) in [6.45, 7) is 5.04. The first-order chi connectivity index (χ1) is 11.2. The number of carbonyl (C=O) groups is 2. The van der Waals surface area contributed by atoms with E-state index in [1.54, 1.807) is 7.11 Å². The quantitative estimate of drug-likeness (QED) is 0.743. The molecule has 0 unspecified atom stereocenters. The first-order valence-electron chi connectivity index (χ1n) is 7.98. The number of anilines is 1. The van der Waals surface area contributed by atoms with E-state index in [1.807, 2.05) is 12.1 Å². The molecule has 7 heteroatoms. The molecule has 7 nitrogen and oxygen atoms in total. The average Bonchev–Trinajstić information content (AvgIpc) is 3.02. The van der Waals surface area contributed by atoms with E-state index in [4.69, 9.17) is 4.74 Å². The van der Waals surface area contributed by atoms with Crippen molar-refractivity contribution in [1.29, 1.82) is 0 Å². The Kier molecular flexibility index (Phi) is 4.66. The van der Waals surface area contributed by atoms with Crippen LogP contribution in [0.15, 0.2) is 24.3 Å². The lowest BCUT2D eigenvalue weighted by molar-refractivity contribution is -0.892. The van der Waals surface area contributed by atoms with Crippen molar-refractivity contribution in [2.45, 2.75) is 0 Å². The molecule has 1 aromatic rings. The summed E-state index contributed by atoms with van der Waals surface area (Å²) in [6, 6.07) is 7.78. The molecular formula is C16H23N4O3+. The molecule has 1 aromatic carbocycles. The highest BCUT2D eigenvalue weighted by molar-refractivity contribution is 5.96. The van der Waals surface area contributed by atoms with Gasteiger partial charge >= 0.3 is 6.03 Å². The number of carbonyl (C=O) groups excluding carboxylic acids is 2. The van der Waals surface area contributed by atoms with E-state index in [-0.39, 0.29) is 11.9 Å². The molecular weight excluding hydrogens is 296 g/mol. The average molecular weight is 319 g/mol. The third kappa shape index (κ3) is 3.56. The zero-order valence-electron chi connectivity index (χ0n) is 13.4. The molecule has 3 rings (SSSR count). The highest BCUT2D eigenvalue weighted by atomic mass is 16.5. The van der Waals surface area contributed by atoms with Crippen molar-refractivity contribution in [2.24, 2.45) is 0 Å². The Hall–Kier alpha value is -2.28. The maximum absolute atomic E-state index is 12.2. The lowest BCUT2D eigenvalue weighted by Gasteiger charge is -2.33. The van der Waals surface area contributed by atoms with Crippen molar-refractivity contribution in [3.8, 4) is 5.75 Å². The first kappa shape index (κ1) is 15.6. The molecule has 3 amide bonds. The molecule has 0 atom stereocenters. The van der Waals surface area contributed by atoms with Crippen LogP contribution < -0.4 is 19.9 Å². The van der Waals surface area contributed by atoms with Gasteiger partial charge < -0.3 is 19.9 Å². The number of rotatable bonds is 4. The van der Waals surface area contributed by atoms with Gasteiger partial charge in [0.15, 0.2) is 6.54 Å². The van der Waals surface area contributed by atoms with Gasteiger partial charge in [-0.1, -0.05) is 0 Å². The van der Waals surface area contributed by atoms with Crippen LogP contribution in [0.25, 0.3) is 0 Å². The molecule has 2 saturated heterocycles. The number of benzene rings is 1. The maximum atomic E-state index is 12.2. The summed E-state index contributed by atoms with van der Waals surface area (Å²) in [4.78, 5) is 28.5. The number of piperazine rings is 1. The van der Waals surface area contributed by atoms with Crippen LogP contribution in [0.5, 0.6) is 5.75 Å². The molecule has 0 bridgehead atoms. The number of hydrogen-bond acceptors (Lipinski definition) is 4. The Morgan fingerprint density at radius 2 is 1.91 bits per heavy atom. The lowest BCUT2D eigenvalue weighted by atomic mass is 10.2. The largest absolute Gasteiger partial charge is 0.497 e. The molecule has 124 valence electrons. The highest BCUT2D eigenvalue weighted by Crippen LogP contribution is 2.18. The Balaban J connectivity index is 1.49. The number of quaternary nitrogens is 1. The minimum absolute atomic E-state index is 0.0760. The molecule has 2 heterocycles. The molecule has 2 fully saturated rings. The Labute approximate surface area is 135 Å². The van der Waals surface area contributed by atoms with Crippen molar-refractivity contribution in [3.05, 3.63) is 24.3 Å². The minimum atomic E-state index is -0.258. The number of nitrogens with zero attached hydrogens (tertiary/aromatic N) is 2. The Morgan fingerprint density at radius 3 is 2.48 bits per heavy atom. The van der Waals surface area contributed by atoms with Gasteiger partial charge in [0.05, 0.1) is 33.3 Å². The van der Waals surface area contributed by atoms with Gasteiger partial charge in [-0.3, -0.25) is 9.69 Å². The van der Waals surface area contributed by atoms with E-state index in [0.717, 1.165) is 31.9 Å². The summed E-state index contributed by atoms with van der Waals surface area (Å²) in [6.07, 6.45) is 0. The second-order valence-electron chi connectivity index (χ2n) is 5.89. The van der Waals surface area contributed by atoms with Crippen LogP contribution in [0, 0.1) is 0 Å². The smallest absolute Gasteiger partial charge is 0.324 e. The van der Waals surface area contributed by atoms with Gasteiger partial charge in [-0.15, -0.1) is 0 Å². The predicted molar refractivity (Wildman–Crippen MR) is 85.9 cm³/mol. The number of hydrogen-bond donors (Lipinski definition) is 2. The normalized spacial score (nSPS) is 18.9. The van der Waals surface area contributed by atoms with Crippen LogP contribution in [0.2, 0.25) is 0 Å². The zero-order valence-corrected chi connectivity index (χ0v) is 13.4. The highest BCUT2D eigenvalue weighted by Gasteiger charge is 2.30. The first-order valence-corrected chi connectivity index (χ1v) is 7.98. The molecule has 0 aliphatic carbocycles. The van der Waals surface area contributed by atoms with Crippen molar-refractivity contribution in [1.82, 2.24) is 10.2 Å². The van der Waals surface area contributed by atoms with Crippen molar-refractivity contribution < 1.29 is 19.2 Å². The Morgan fingerprint density at radius 1 is 1.22 bits per heavy atom. The second kappa shape index (κ2) is 6.87. The molecule has 23 heavy (non-hydrogen) atoms. The van der Waals surface area contributed by atoms with E-state index in [9.17, 15) is 9.59 Å². The third-order valence-corrected chi connectivity index (χ3v) is 4.47. The van der Waals surface area contributed by atoms with Crippen LogP contribution in [0.1, 0.15) is 0 Å². The van der Waals surface area contributed by atoms with Gasteiger partial charge in [0, 0.05) is 18.8 Å². The molecule has 0 radical (unpaired) electrons. The van der Waals surface area contributed by atoms with Gasteiger partial charge in [-0.25, -0.2) is 4.79 Å². The zero-order chi connectivity index (χ0) is 16.2. The van der Waals surface area contributed by atoms with Crippen LogP contribution in [-0.4, -0.2) is 69.8 Å². The van der Waals surface area contributed by atoms with Crippen LogP contribution in [0.3, 0.4) is 0 Å². The number of methoxy groups -OCH3 is 1. The van der Waals surface area contributed by atoms with E-state index in [1.165, 1.54) is 15.5 Å². The fourth-order valence-corrected chi connectivity index (χ4v) is 3.07. The minimum Gasteiger partial charge on any atom is -0.497 e. The van der Waals surface area contributed by atoms with Crippen LogP contribution in [-0.2, 0) is 4.79 Å². The number of urea groups is 1. The third-order valence-electron chi connectivity index (χ3n) is 4.47. The van der Waals surface area contributed by atoms with E-state index < -0.39 is 0 Å². The molecule has 2 N–H and O–H groups in total. The molecule has 2 aliphatic rings. The fraction of sp³-hybridized carbons (Fsp3) is 0.500. The van der Waals surface area contributed by atoms with E-state index in [0.29, 0.717) is 19.6 Å². The number of ether oxygens (including phenoxy) is 1. The monoisotopic (exact) mass is 319 g/mol. The van der Waals surface area contributed by atoms with Crippen molar-refractivity contribution >= 4 is 17.6 Å². The van der Waals surface area contributed by atoms with E-state index >= 15 is 0 Å². The molecule has 0 aromatic heterocycles. The standard InChI is InChI=1S/C16H22N4O3/c1-23-14-4-2-13(3-5-14)19-10-8-18(9-11-19)12-15(21)20-7-6-17-16(20)22/h2-5H,6-12H2,1H3,(H,17,22)/p+1. The van der Waals surface area contributed by atoms with Crippen molar-refractivity contribution in [2.75, 3.05) is 57.8 Å². The van der Waals surface area contributed by atoms with Gasteiger partial charge in [0.25, 0.3) is 5.91 Å². The van der Waals surface area contributed by atoms with Crippen molar-refractivity contribution in [3.63, 3.8) is 0 Å². The molecule has 0 saturated carbocycles. The van der Waals surface area contributed by atoms with Gasteiger partial charge in [-0.2, -0.15) is 0 Å². The topological polar surface area (TPSA) is 66.3 Å². The van der Waals surface area contributed by atoms with Crippen LogP contribution >= 0.6 is 0 Å². The number of imide groups is 1. The Bertz CT molecular complexity index is 567. The molecule has 2 aliphatic heterocycles. The number of amides is 3. The lowest BCUT2D eigenvalue weighted by Crippen LogP contribution is -3.16. The summed E-state index contributed by atoms with van der Waals surface area (Å²) >= 11 is 0. The summed E-state index contributed by atoms with van der Waals surface area (Å²) in [5, 5.41) is 2.66. The van der Waals surface area contributed by atoms with Gasteiger partial charge in [0.2, 0.25) is 0 Å². The summed E-state index contributed by atoms with van der Waals surface area (Å²) in [5.74, 6) is 0.778. The number of nitrogens with one attached hydrogen (secondary N) is 2. The molecule has 0 spiro atoms. The summed E-state index contributed by atoms with van der Waals surface area (Å²) in [7, 11) is 1.66. The maximum Gasteiger partial charge on any atom is 0.324 e. The van der Waals surface area contributed by atoms with E-state index in [2.05, 4.69) is 22.3 Å². The second-order valence-corrected chi connectivity index (χ2v) is 5.89. The van der Waals surface area contributed by atoms with Crippen LogP contribution in [0.4, 0.5) is 10.5 Å².